The second-order valence-corrected chi connectivity index (χ2v) is 8.98. The summed E-state index contributed by atoms with van der Waals surface area (Å²) in [5, 5.41) is 6.43. The number of aliphatic imine (C=N–C) groups is 1. The van der Waals surface area contributed by atoms with Crippen molar-refractivity contribution in [3.63, 3.8) is 0 Å². The Hall–Kier alpha value is -1.67. The number of halogens is 1. The number of nitrogens with zero attached hydrogens (tertiary/aromatic N) is 2. The van der Waals surface area contributed by atoms with E-state index >= 15 is 0 Å². The molecule has 1 rings (SSSR count). The van der Waals surface area contributed by atoms with Crippen LogP contribution in [0, 0.1) is 5.82 Å². The average molecular weight is 401 g/mol. The smallest absolute Gasteiger partial charge is 0.191 e. The van der Waals surface area contributed by atoms with Crippen LogP contribution in [0.1, 0.15) is 38.3 Å². The van der Waals surface area contributed by atoms with Crippen molar-refractivity contribution in [1.29, 1.82) is 0 Å². The highest BCUT2D eigenvalue weighted by molar-refractivity contribution is 7.89. The van der Waals surface area contributed by atoms with Crippen LogP contribution in [-0.4, -0.2) is 58.3 Å². The summed E-state index contributed by atoms with van der Waals surface area (Å²) in [6.07, 6.45) is 2.26. The van der Waals surface area contributed by atoms with E-state index in [1.165, 1.54) is 24.5 Å². The van der Waals surface area contributed by atoms with Gasteiger partial charge in [-0.1, -0.05) is 13.0 Å². The average Bonchev–Trinajstić information content (AvgIpc) is 2.59. The van der Waals surface area contributed by atoms with Gasteiger partial charge < -0.3 is 15.5 Å². The van der Waals surface area contributed by atoms with Crippen LogP contribution in [0.5, 0.6) is 0 Å². The molecular weight excluding hydrogens is 367 g/mol. The molecule has 0 aliphatic heterocycles. The Morgan fingerprint density at radius 2 is 1.96 bits per heavy atom. The molecule has 1 aromatic rings. The van der Waals surface area contributed by atoms with Crippen molar-refractivity contribution in [3.05, 3.63) is 35.1 Å². The number of sulfone groups is 1. The summed E-state index contributed by atoms with van der Waals surface area (Å²) in [7, 11) is -1.12. The van der Waals surface area contributed by atoms with Crippen molar-refractivity contribution in [3.8, 4) is 0 Å². The van der Waals surface area contributed by atoms with Crippen molar-refractivity contribution < 1.29 is 12.8 Å². The molecule has 1 atom stereocenters. The van der Waals surface area contributed by atoms with Gasteiger partial charge in [-0.25, -0.2) is 17.8 Å². The maximum atomic E-state index is 13.6. The van der Waals surface area contributed by atoms with E-state index in [0.29, 0.717) is 29.7 Å². The Kier molecular flexibility index (Phi) is 9.73. The molecule has 154 valence electrons. The first kappa shape index (κ1) is 23.4. The van der Waals surface area contributed by atoms with E-state index in [9.17, 15) is 12.8 Å². The molecule has 0 aliphatic rings. The molecule has 0 spiro atoms. The third-order valence-electron chi connectivity index (χ3n) is 4.44. The lowest BCUT2D eigenvalue weighted by atomic mass is 10.1. The molecule has 6 nitrogen and oxygen atoms in total. The number of benzene rings is 1. The lowest BCUT2D eigenvalue weighted by Crippen LogP contribution is -2.42. The predicted molar refractivity (Wildman–Crippen MR) is 110 cm³/mol. The van der Waals surface area contributed by atoms with Crippen molar-refractivity contribution >= 4 is 15.8 Å². The van der Waals surface area contributed by atoms with Gasteiger partial charge in [0.2, 0.25) is 0 Å². The van der Waals surface area contributed by atoms with E-state index < -0.39 is 15.7 Å². The first-order valence-electron chi connectivity index (χ1n) is 9.33. The van der Waals surface area contributed by atoms with Gasteiger partial charge in [0.05, 0.1) is 12.3 Å². The molecule has 0 heterocycles. The van der Waals surface area contributed by atoms with Crippen molar-refractivity contribution in [1.82, 2.24) is 15.5 Å². The van der Waals surface area contributed by atoms with E-state index in [2.05, 4.69) is 41.4 Å². The highest BCUT2D eigenvalue weighted by atomic mass is 32.2. The van der Waals surface area contributed by atoms with Crippen molar-refractivity contribution in [2.75, 3.05) is 32.9 Å². The molecule has 1 unspecified atom stereocenters. The van der Waals surface area contributed by atoms with Gasteiger partial charge in [0.15, 0.2) is 15.8 Å². The largest absolute Gasteiger partial charge is 0.357 e. The molecule has 0 bridgehead atoms. The van der Waals surface area contributed by atoms with Gasteiger partial charge in [-0.3, -0.25) is 0 Å². The summed E-state index contributed by atoms with van der Waals surface area (Å²) in [5.74, 6) is 0.108. The van der Waals surface area contributed by atoms with E-state index in [4.69, 9.17) is 0 Å². The van der Waals surface area contributed by atoms with Crippen LogP contribution in [-0.2, 0) is 22.1 Å². The molecule has 2 N–H and O–H groups in total. The summed E-state index contributed by atoms with van der Waals surface area (Å²) in [6.45, 7) is 8.83. The molecule has 1 aromatic carbocycles. The quantitative estimate of drug-likeness (QED) is 0.465. The first-order valence-corrected chi connectivity index (χ1v) is 11.4. The molecule has 27 heavy (non-hydrogen) atoms. The van der Waals surface area contributed by atoms with Gasteiger partial charge in [-0.15, -0.1) is 0 Å². The molecule has 0 fully saturated rings. The second-order valence-electron chi connectivity index (χ2n) is 6.84. The van der Waals surface area contributed by atoms with Gasteiger partial charge in [0.1, 0.15) is 5.82 Å². The Balaban J connectivity index is 2.81. The molecule has 0 amide bonds. The standard InChI is InChI=1S/C19H33FN4O2S/c1-6-15(3)24(4)11-10-22-19(21-7-2)23-13-17-12-18(20)9-8-16(17)14-27(5,25)26/h8-9,12,15H,6-7,10-11,13-14H2,1-5H3,(H2,21,22,23). The maximum Gasteiger partial charge on any atom is 0.191 e. The zero-order valence-corrected chi connectivity index (χ0v) is 17.9. The summed E-state index contributed by atoms with van der Waals surface area (Å²) < 4.78 is 36.8. The SMILES string of the molecule is CCNC(=NCc1cc(F)ccc1CS(C)(=O)=O)NCCN(C)C(C)CC. The van der Waals surface area contributed by atoms with E-state index in [1.807, 2.05) is 6.92 Å². The molecule has 8 heteroatoms. The number of rotatable bonds is 10. The van der Waals surface area contributed by atoms with Crippen LogP contribution >= 0.6 is 0 Å². The van der Waals surface area contributed by atoms with Crippen LogP contribution in [0.4, 0.5) is 4.39 Å². The zero-order valence-electron chi connectivity index (χ0n) is 17.0. The monoisotopic (exact) mass is 400 g/mol. The van der Waals surface area contributed by atoms with E-state index in [0.717, 1.165) is 19.5 Å². The molecule has 0 radical (unpaired) electrons. The second kappa shape index (κ2) is 11.2. The van der Waals surface area contributed by atoms with Gasteiger partial charge >= 0.3 is 0 Å². The number of hydrogen-bond acceptors (Lipinski definition) is 4. The van der Waals surface area contributed by atoms with Crippen LogP contribution in [0.15, 0.2) is 23.2 Å². The maximum absolute atomic E-state index is 13.6. The minimum Gasteiger partial charge on any atom is -0.357 e. The van der Waals surface area contributed by atoms with Gasteiger partial charge in [-0.05, 0) is 50.6 Å². The Labute approximate surface area is 163 Å². The van der Waals surface area contributed by atoms with E-state index in [1.54, 1.807) is 0 Å². The fourth-order valence-corrected chi connectivity index (χ4v) is 3.40. The number of nitrogens with one attached hydrogen (secondary N) is 2. The van der Waals surface area contributed by atoms with Crippen LogP contribution in [0.2, 0.25) is 0 Å². The number of guanidine groups is 1. The van der Waals surface area contributed by atoms with Crippen LogP contribution < -0.4 is 10.6 Å². The molecule has 0 aliphatic carbocycles. The number of likely N-dealkylation sites (N-methyl/N-ethyl adjacent to an activating group) is 1. The fraction of sp³-hybridized carbons (Fsp3) is 0.632. The highest BCUT2D eigenvalue weighted by Crippen LogP contribution is 2.15. The van der Waals surface area contributed by atoms with Crippen LogP contribution in [0.3, 0.4) is 0 Å². The Morgan fingerprint density at radius 3 is 2.56 bits per heavy atom. The minimum absolute atomic E-state index is 0.123. The molecule has 0 saturated carbocycles. The third kappa shape index (κ3) is 9.19. The summed E-state index contributed by atoms with van der Waals surface area (Å²) in [5.41, 5.74) is 1.16. The van der Waals surface area contributed by atoms with Gasteiger partial charge in [-0.2, -0.15) is 0 Å². The first-order chi connectivity index (χ1) is 12.7. The minimum atomic E-state index is -3.20. The number of hydrogen-bond donors (Lipinski definition) is 2. The topological polar surface area (TPSA) is 73.8 Å². The Morgan fingerprint density at radius 1 is 1.26 bits per heavy atom. The van der Waals surface area contributed by atoms with Crippen molar-refractivity contribution in [2.24, 2.45) is 4.99 Å². The lowest BCUT2D eigenvalue weighted by molar-refractivity contribution is 0.255. The zero-order chi connectivity index (χ0) is 20.4. The molecule has 0 saturated heterocycles. The molecule has 0 aromatic heterocycles. The van der Waals surface area contributed by atoms with Crippen LogP contribution in [0.25, 0.3) is 0 Å². The predicted octanol–water partition coefficient (Wildman–Crippen LogP) is 2.16. The molecular formula is C19H33FN4O2S. The highest BCUT2D eigenvalue weighted by Gasteiger charge is 2.11. The lowest BCUT2D eigenvalue weighted by Gasteiger charge is -2.24. The summed E-state index contributed by atoms with van der Waals surface area (Å²) >= 11 is 0. The Bertz CT molecular complexity index is 722. The van der Waals surface area contributed by atoms with Gasteiger partial charge in [0, 0.05) is 31.9 Å². The van der Waals surface area contributed by atoms with Crippen molar-refractivity contribution in [2.45, 2.75) is 45.5 Å². The summed E-state index contributed by atoms with van der Waals surface area (Å²) in [4.78, 5) is 6.76. The van der Waals surface area contributed by atoms with Gasteiger partial charge in [0.25, 0.3) is 0 Å². The fourth-order valence-electron chi connectivity index (χ4n) is 2.55. The normalized spacial score (nSPS) is 13.7. The third-order valence-corrected chi connectivity index (χ3v) is 5.27. The van der Waals surface area contributed by atoms with E-state index in [-0.39, 0.29) is 12.3 Å². The summed E-state index contributed by atoms with van der Waals surface area (Å²) in [6, 6.07) is 4.66.